The van der Waals surface area contributed by atoms with Crippen LogP contribution in [0.25, 0.3) is 0 Å². The Morgan fingerprint density at radius 2 is 1.77 bits per heavy atom. The zero-order valence-corrected chi connectivity index (χ0v) is 11.1. The van der Waals surface area contributed by atoms with Gasteiger partial charge in [-0.3, -0.25) is 0 Å². The van der Waals surface area contributed by atoms with E-state index >= 15 is 0 Å². The van der Waals surface area contributed by atoms with E-state index in [2.05, 4.69) is 20.8 Å². The highest BCUT2D eigenvalue weighted by Gasteiger charge is 2.49. The lowest BCUT2D eigenvalue weighted by molar-refractivity contribution is 0.550. The minimum atomic E-state index is -1.12. The lowest BCUT2D eigenvalue weighted by Gasteiger charge is -2.48. The van der Waals surface area contributed by atoms with Gasteiger partial charge >= 0.3 is 0 Å². The smallest absolute Gasteiger partial charge is 0.0773 e. The van der Waals surface area contributed by atoms with Crippen molar-refractivity contribution in [1.29, 1.82) is 0 Å². The van der Waals surface area contributed by atoms with Gasteiger partial charge in [0.05, 0.1) is 8.07 Å². The summed E-state index contributed by atoms with van der Waals surface area (Å²) >= 11 is 6.84. The Morgan fingerprint density at radius 3 is 2.15 bits per heavy atom. The van der Waals surface area contributed by atoms with Gasteiger partial charge in [0.25, 0.3) is 0 Å². The van der Waals surface area contributed by atoms with Crippen LogP contribution in [0.1, 0.15) is 46.5 Å². The number of halogens is 1. The third kappa shape index (κ3) is 1.82. The first-order valence-electron chi connectivity index (χ1n) is 5.83. The molecule has 2 heteroatoms. The predicted molar refractivity (Wildman–Crippen MR) is 64.2 cm³/mol. The highest BCUT2D eigenvalue weighted by molar-refractivity contribution is 6.89. The molecule has 0 bridgehead atoms. The fourth-order valence-electron chi connectivity index (χ4n) is 3.15. The van der Waals surface area contributed by atoms with Gasteiger partial charge in [0, 0.05) is 4.50 Å². The Bertz CT molecular complexity index is 165. The van der Waals surface area contributed by atoms with Crippen LogP contribution in [-0.2, 0) is 0 Å². The van der Waals surface area contributed by atoms with Gasteiger partial charge in [-0.25, -0.2) is 0 Å². The molecule has 0 aliphatic carbocycles. The molecule has 1 heterocycles. The van der Waals surface area contributed by atoms with Crippen LogP contribution in [0.15, 0.2) is 0 Å². The third-order valence-corrected chi connectivity index (χ3v) is 12.5. The van der Waals surface area contributed by atoms with E-state index in [1.165, 1.54) is 43.8 Å². The van der Waals surface area contributed by atoms with Crippen molar-refractivity contribution in [2.45, 2.75) is 69.1 Å². The zero-order chi connectivity index (χ0) is 9.95. The van der Waals surface area contributed by atoms with Crippen LogP contribution in [0, 0.1) is 0 Å². The Morgan fingerprint density at radius 1 is 1.15 bits per heavy atom. The molecule has 0 aromatic heterocycles. The van der Waals surface area contributed by atoms with Gasteiger partial charge in [0.2, 0.25) is 0 Å². The number of hydrogen-bond donors (Lipinski definition) is 0. The van der Waals surface area contributed by atoms with Crippen LogP contribution in [0.3, 0.4) is 0 Å². The first-order valence-corrected chi connectivity index (χ1v) is 8.83. The average molecular weight is 219 g/mol. The highest BCUT2D eigenvalue weighted by atomic mass is 35.5. The molecule has 1 atom stereocenters. The molecule has 1 aliphatic heterocycles. The average Bonchev–Trinajstić information content (AvgIpc) is 2.19. The molecule has 13 heavy (non-hydrogen) atoms. The number of hydrogen-bond acceptors (Lipinski definition) is 0. The normalized spacial score (nSPS) is 33.2. The summed E-state index contributed by atoms with van der Waals surface area (Å²) in [7, 11) is -1.12. The van der Waals surface area contributed by atoms with E-state index in [0.717, 1.165) is 0 Å². The van der Waals surface area contributed by atoms with E-state index in [1.54, 1.807) is 0 Å². The summed E-state index contributed by atoms with van der Waals surface area (Å²) in [5.41, 5.74) is 0. The molecule has 1 fully saturated rings. The van der Waals surface area contributed by atoms with E-state index in [9.17, 15) is 0 Å². The Kier molecular flexibility index (Phi) is 3.88. The standard InChI is InChI=1S/C11H23ClSi/c1-4-11(12)9-7-8-10-13(11,5-2)6-3/h4-10H2,1-3H3. The molecular weight excluding hydrogens is 196 g/mol. The summed E-state index contributed by atoms with van der Waals surface area (Å²) in [6.45, 7) is 7.02. The van der Waals surface area contributed by atoms with Gasteiger partial charge in [-0.1, -0.05) is 51.7 Å². The van der Waals surface area contributed by atoms with E-state index in [-0.39, 0.29) is 4.50 Å². The van der Waals surface area contributed by atoms with Gasteiger partial charge in [0.1, 0.15) is 0 Å². The van der Waals surface area contributed by atoms with Crippen molar-refractivity contribution in [3.8, 4) is 0 Å². The van der Waals surface area contributed by atoms with E-state index < -0.39 is 8.07 Å². The van der Waals surface area contributed by atoms with Crippen LogP contribution < -0.4 is 0 Å². The van der Waals surface area contributed by atoms with Crippen molar-refractivity contribution in [3.63, 3.8) is 0 Å². The van der Waals surface area contributed by atoms with Crippen LogP contribution in [-0.4, -0.2) is 12.6 Å². The minimum absolute atomic E-state index is 0.245. The van der Waals surface area contributed by atoms with Crippen molar-refractivity contribution >= 4 is 19.7 Å². The molecule has 1 aliphatic rings. The van der Waals surface area contributed by atoms with Gasteiger partial charge in [-0.05, 0) is 12.8 Å². The maximum Gasteiger partial charge on any atom is 0.0773 e. The van der Waals surface area contributed by atoms with Crippen molar-refractivity contribution in [2.75, 3.05) is 0 Å². The highest BCUT2D eigenvalue weighted by Crippen LogP contribution is 2.47. The molecule has 0 aromatic carbocycles. The molecule has 0 amide bonds. The molecule has 0 saturated carbocycles. The monoisotopic (exact) mass is 218 g/mol. The Balaban J connectivity index is 2.87. The molecule has 0 spiro atoms. The molecule has 78 valence electrons. The molecule has 1 unspecified atom stereocenters. The number of alkyl halides is 1. The summed E-state index contributed by atoms with van der Waals surface area (Å²) in [6, 6.07) is 4.26. The van der Waals surface area contributed by atoms with Crippen molar-refractivity contribution in [3.05, 3.63) is 0 Å². The molecule has 0 aromatic rings. The van der Waals surface area contributed by atoms with Crippen molar-refractivity contribution in [1.82, 2.24) is 0 Å². The first-order chi connectivity index (χ1) is 6.14. The maximum absolute atomic E-state index is 6.84. The second kappa shape index (κ2) is 4.35. The molecule has 0 radical (unpaired) electrons. The molecule has 1 saturated heterocycles. The van der Waals surface area contributed by atoms with Crippen LogP contribution in [0.2, 0.25) is 18.1 Å². The predicted octanol–water partition coefficient (Wildman–Crippen LogP) is 4.59. The van der Waals surface area contributed by atoms with Gasteiger partial charge in [-0.15, -0.1) is 11.6 Å². The largest absolute Gasteiger partial charge is 0.123 e. The van der Waals surface area contributed by atoms with Crippen LogP contribution in [0.4, 0.5) is 0 Å². The van der Waals surface area contributed by atoms with E-state index in [1.807, 2.05) is 0 Å². The Labute approximate surface area is 89.1 Å². The summed E-state index contributed by atoms with van der Waals surface area (Å²) in [4.78, 5) is 0. The summed E-state index contributed by atoms with van der Waals surface area (Å²) in [5.74, 6) is 0. The fraction of sp³-hybridized carbons (Fsp3) is 1.00. The third-order valence-electron chi connectivity index (χ3n) is 4.34. The molecule has 1 rings (SSSR count). The lowest BCUT2D eigenvalue weighted by atomic mass is 10.1. The quantitative estimate of drug-likeness (QED) is 0.481. The van der Waals surface area contributed by atoms with E-state index in [4.69, 9.17) is 11.6 Å². The van der Waals surface area contributed by atoms with Gasteiger partial charge in [0.15, 0.2) is 0 Å². The topological polar surface area (TPSA) is 0 Å². The van der Waals surface area contributed by atoms with Crippen LogP contribution in [0.5, 0.6) is 0 Å². The minimum Gasteiger partial charge on any atom is -0.123 e. The summed E-state index contributed by atoms with van der Waals surface area (Å²) in [6.07, 6.45) is 5.30. The van der Waals surface area contributed by atoms with E-state index in [0.29, 0.717) is 0 Å². The SMILES string of the molecule is CCC1(Cl)CCCC[Si]1(CC)CC. The maximum atomic E-state index is 6.84. The van der Waals surface area contributed by atoms with Crippen molar-refractivity contribution < 1.29 is 0 Å². The summed E-state index contributed by atoms with van der Waals surface area (Å²) < 4.78 is 0.245. The Hall–Kier alpha value is 0.507. The second-order valence-corrected chi connectivity index (χ2v) is 11.0. The molecular formula is C11H23ClSi. The lowest BCUT2D eigenvalue weighted by Crippen LogP contribution is -2.55. The van der Waals surface area contributed by atoms with Crippen LogP contribution >= 0.6 is 11.6 Å². The zero-order valence-electron chi connectivity index (χ0n) is 9.33. The first kappa shape index (κ1) is 11.6. The molecule has 0 nitrogen and oxygen atoms in total. The second-order valence-electron chi connectivity index (χ2n) is 4.51. The van der Waals surface area contributed by atoms with Gasteiger partial charge < -0.3 is 0 Å². The van der Waals surface area contributed by atoms with Gasteiger partial charge in [-0.2, -0.15) is 0 Å². The molecule has 0 N–H and O–H groups in total. The fourth-order valence-corrected chi connectivity index (χ4v) is 9.67. The number of rotatable bonds is 3. The van der Waals surface area contributed by atoms with Crippen molar-refractivity contribution in [2.24, 2.45) is 0 Å². The summed E-state index contributed by atoms with van der Waals surface area (Å²) in [5, 5.41) is 0.